The molecule has 9 rings (SSSR count). The Bertz CT molecular complexity index is 3160. The maximum Gasteiger partial charge on any atom is 0.214 e. The summed E-state index contributed by atoms with van der Waals surface area (Å²) in [6.07, 6.45) is 12.7. The van der Waals surface area contributed by atoms with E-state index in [1.807, 2.05) is 97.1 Å². The van der Waals surface area contributed by atoms with Crippen LogP contribution in [0.3, 0.4) is 0 Å². The third-order valence-corrected chi connectivity index (χ3v) is 12.9. The normalized spacial score (nSPS) is 12.5. The van der Waals surface area contributed by atoms with Crippen molar-refractivity contribution < 1.29 is 14.7 Å². The predicted octanol–water partition coefficient (Wildman–Crippen LogP) is 16.7. The number of allylic oxidation sites excluding steroid dienone is 10. The number of nitrogens with two attached hydrogens (primary N) is 3. The smallest absolute Gasteiger partial charge is 0.214 e. The Morgan fingerprint density at radius 2 is 0.987 bits per heavy atom. The SMILES string of the molecule is CC(=O)C(=C(C)O)C1=C(C=CC(=N)c2cccc3cccc(C)c23)CC/C1=C\C=C(/C)c1cccc2cccc(N)c12.CC(N)=O.CCc1ccccc1.CCc1ccccc1.CCc1ccccc1.NCc1ccccc1. The molecular weight excluding hydrogens is 957 g/mol. The molecule has 7 heteroatoms. The molecule has 8 aromatic carbocycles. The van der Waals surface area contributed by atoms with E-state index in [4.69, 9.17) is 16.9 Å². The van der Waals surface area contributed by atoms with Crippen molar-refractivity contribution in [2.24, 2.45) is 11.5 Å². The van der Waals surface area contributed by atoms with E-state index in [-0.39, 0.29) is 17.4 Å². The van der Waals surface area contributed by atoms with Crippen LogP contribution in [0, 0.1) is 12.3 Å². The highest BCUT2D eigenvalue weighted by Gasteiger charge is 2.26. The van der Waals surface area contributed by atoms with E-state index < -0.39 is 0 Å². The number of ketones is 1. The van der Waals surface area contributed by atoms with E-state index >= 15 is 0 Å². The van der Waals surface area contributed by atoms with Gasteiger partial charge in [0.25, 0.3) is 0 Å². The molecular formula is C71H80N4O3. The van der Waals surface area contributed by atoms with Crippen LogP contribution in [0.1, 0.15) is 100 Å². The average molecular weight is 1040 g/mol. The van der Waals surface area contributed by atoms with Crippen molar-refractivity contribution in [2.45, 2.75) is 94.0 Å². The van der Waals surface area contributed by atoms with Crippen molar-refractivity contribution >= 4 is 50.2 Å². The maximum atomic E-state index is 12.8. The number of hydrogen-bond donors (Lipinski definition) is 5. The Kier molecular flexibility index (Phi) is 26.5. The number of Topliss-reactive ketones (excluding diaryl/α,β-unsaturated/α-hetero) is 1. The number of carbonyl (C=O) groups is 2. The van der Waals surface area contributed by atoms with Gasteiger partial charge in [-0.15, -0.1) is 0 Å². The number of aryl methyl sites for hydroxylation is 4. The van der Waals surface area contributed by atoms with Crippen molar-refractivity contribution in [3.05, 3.63) is 285 Å². The Hall–Kier alpha value is -8.65. The summed E-state index contributed by atoms with van der Waals surface area (Å²) in [6, 6.07) is 65.6. The Labute approximate surface area is 464 Å². The molecule has 78 heavy (non-hydrogen) atoms. The topological polar surface area (TPSA) is 156 Å². The number of benzene rings is 8. The summed E-state index contributed by atoms with van der Waals surface area (Å²) in [5.41, 5.74) is 29.8. The van der Waals surface area contributed by atoms with Crippen LogP contribution in [-0.2, 0) is 35.4 Å². The molecule has 8 N–H and O–H groups in total. The first-order valence-electron chi connectivity index (χ1n) is 26.8. The second-order valence-corrected chi connectivity index (χ2v) is 18.8. The number of hydrogen-bond acceptors (Lipinski definition) is 6. The number of amides is 1. The van der Waals surface area contributed by atoms with Gasteiger partial charge in [-0.2, -0.15) is 0 Å². The summed E-state index contributed by atoms with van der Waals surface area (Å²) in [7, 11) is 0. The molecule has 1 aliphatic carbocycles. The zero-order valence-electron chi connectivity index (χ0n) is 47.0. The minimum absolute atomic E-state index is 0.00140. The van der Waals surface area contributed by atoms with E-state index in [1.165, 1.54) is 36.1 Å². The van der Waals surface area contributed by atoms with Crippen molar-refractivity contribution in [2.75, 3.05) is 5.73 Å². The third-order valence-electron chi connectivity index (χ3n) is 12.9. The fourth-order valence-corrected chi connectivity index (χ4v) is 8.79. The van der Waals surface area contributed by atoms with Crippen LogP contribution in [0.15, 0.2) is 246 Å². The summed E-state index contributed by atoms with van der Waals surface area (Å²) in [6.45, 7) is 15.6. The van der Waals surface area contributed by atoms with E-state index in [1.54, 1.807) is 6.92 Å². The lowest BCUT2D eigenvalue weighted by Crippen LogP contribution is -2.05. The van der Waals surface area contributed by atoms with E-state index in [9.17, 15) is 14.7 Å². The van der Waals surface area contributed by atoms with E-state index in [2.05, 4.69) is 162 Å². The van der Waals surface area contributed by atoms with Gasteiger partial charge in [0.1, 0.15) is 5.76 Å². The first kappa shape index (κ1) is 61.9. The number of aliphatic hydroxyl groups is 1. The molecule has 8 aromatic rings. The number of rotatable bonds is 11. The highest BCUT2D eigenvalue weighted by molar-refractivity contribution is 6.15. The van der Waals surface area contributed by atoms with Gasteiger partial charge in [0, 0.05) is 30.1 Å². The number of anilines is 1. The van der Waals surface area contributed by atoms with Gasteiger partial charge in [0.05, 0.1) is 11.3 Å². The summed E-state index contributed by atoms with van der Waals surface area (Å²) in [5.74, 6) is -0.524. The molecule has 0 bridgehead atoms. The van der Waals surface area contributed by atoms with Crippen LogP contribution in [0.5, 0.6) is 0 Å². The molecule has 0 heterocycles. The molecule has 0 saturated carbocycles. The largest absolute Gasteiger partial charge is 0.512 e. The van der Waals surface area contributed by atoms with Crippen LogP contribution in [0.2, 0.25) is 0 Å². The van der Waals surface area contributed by atoms with Gasteiger partial charge < -0.3 is 27.7 Å². The second kappa shape index (κ2) is 33.4. The molecule has 0 spiro atoms. The molecule has 402 valence electrons. The molecule has 1 amide bonds. The monoisotopic (exact) mass is 1040 g/mol. The molecule has 0 atom stereocenters. The Morgan fingerprint density at radius 3 is 1.40 bits per heavy atom. The van der Waals surface area contributed by atoms with Crippen LogP contribution in [0.4, 0.5) is 5.69 Å². The number of primary amides is 1. The summed E-state index contributed by atoms with van der Waals surface area (Å²) in [4.78, 5) is 22.0. The highest BCUT2D eigenvalue weighted by Crippen LogP contribution is 2.39. The maximum absolute atomic E-state index is 12.8. The van der Waals surface area contributed by atoms with Crippen molar-refractivity contribution in [1.82, 2.24) is 0 Å². The van der Waals surface area contributed by atoms with Gasteiger partial charge in [-0.3, -0.25) is 9.59 Å². The standard InChI is InChI=1S/C38H36N2O2.3C8H10.C7H9N.C2H5NO/c1-23(31-14-6-12-28-13-8-16-34(40)38(28)31)17-18-29-19-20-30(37(29)36(25(3)41)26(4)42)21-22-33(39)32-15-7-11-27-10-5-9-24(2)35(27)32;3*1-2-8-6-4-3-5-7-8;8-6-7-4-2-1-3-5-7;1-2(3)4/h5-18,21-22,39,41H,19-20,40H2,1-4H3;3*3-7H,2H2,1H3;1-5H,6,8H2;1H3,(H2,3,4)/b22-21?,23-17+,29-18+,36-25?,39-33?;;;;;. The average Bonchev–Trinajstić information content (AvgIpc) is 3.95. The Morgan fingerprint density at radius 1 is 0.564 bits per heavy atom. The van der Waals surface area contributed by atoms with Crippen molar-refractivity contribution in [3.63, 3.8) is 0 Å². The number of aliphatic hydroxyl groups excluding tert-OH is 1. The van der Waals surface area contributed by atoms with Gasteiger partial charge in [-0.05, 0) is 144 Å². The van der Waals surface area contributed by atoms with E-state index in [0.717, 1.165) is 91.9 Å². The van der Waals surface area contributed by atoms with Crippen LogP contribution >= 0.6 is 0 Å². The molecule has 0 radical (unpaired) electrons. The highest BCUT2D eigenvalue weighted by atomic mass is 16.3. The lowest BCUT2D eigenvalue weighted by molar-refractivity contribution is -0.116. The zero-order valence-corrected chi connectivity index (χ0v) is 47.0. The number of fused-ring (bicyclic) bond motifs is 2. The minimum atomic E-state index is -0.333. The Balaban J connectivity index is 0.000000288. The summed E-state index contributed by atoms with van der Waals surface area (Å²) < 4.78 is 0. The molecule has 0 fully saturated rings. The lowest BCUT2D eigenvalue weighted by atomic mass is 9.92. The zero-order chi connectivity index (χ0) is 56.8. The molecule has 0 aliphatic heterocycles. The third kappa shape index (κ3) is 19.8. The predicted molar refractivity (Wildman–Crippen MR) is 334 cm³/mol. The van der Waals surface area contributed by atoms with Gasteiger partial charge in [0.2, 0.25) is 5.91 Å². The van der Waals surface area contributed by atoms with Crippen LogP contribution in [0.25, 0.3) is 27.1 Å². The van der Waals surface area contributed by atoms with Crippen molar-refractivity contribution in [3.8, 4) is 0 Å². The molecule has 1 aliphatic rings. The van der Waals surface area contributed by atoms with Gasteiger partial charge in [-0.1, -0.05) is 227 Å². The molecule has 0 unspecified atom stereocenters. The van der Waals surface area contributed by atoms with Gasteiger partial charge in [-0.25, -0.2) is 0 Å². The minimum Gasteiger partial charge on any atom is -0.512 e. The number of nitrogens with one attached hydrogen (secondary N) is 1. The fraction of sp³-hybridized carbons (Fsp3) is 0.197. The summed E-state index contributed by atoms with van der Waals surface area (Å²) >= 11 is 0. The molecule has 7 nitrogen and oxygen atoms in total. The van der Waals surface area contributed by atoms with Gasteiger partial charge >= 0.3 is 0 Å². The summed E-state index contributed by atoms with van der Waals surface area (Å²) in [5, 5.41) is 23.8. The number of carbonyl (C=O) groups excluding carboxylic acids is 2. The van der Waals surface area contributed by atoms with Gasteiger partial charge in [0.15, 0.2) is 5.78 Å². The first-order chi connectivity index (χ1) is 37.6. The molecule has 0 saturated heterocycles. The first-order valence-corrected chi connectivity index (χ1v) is 26.8. The fourth-order valence-electron chi connectivity index (χ4n) is 8.79. The second-order valence-electron chi connectivity index (χ2n) is 18.8. The number of nitrogen functional groups attached to an aromatic ring is 1. The molecule has 0 aromatic heterocycles. The quantitative estimate of drug-likeness (QED) is 0.0377. The van der Waals surface area contributed by atoms with E-state index in [0.29, 0.717) is 24.3 Å². The van der Waals surface area contributed by atoms with Crippen LogP contribution in [-0.4, -0.2) is 22.5 Å². The van der Waals surface area contributed by atoms with Crippen LogP contribution < -0.4 is 17.2 Å². The lowest BCUT2D eigenvalue weighted by Gasteiger charge is -2.12. The van der Waals surface area contributed by atoms with Crippen molar-refractivity contribution in [1.29, 1.82) is 5.41 Å².